The lowest BCUT2D eigenvalue weighted by molar-refractivity contribution is 0.357. The molecule has 3 rings (SSSR count). The topological polar surface area (TPSA) is 35.2 Å². The van der Waals surface area contributed by atoms with Crippen molar-refractivity contribution in [3.63, 3.8) is 0 Å². The second-order valence-corrected chi connectivity index (χ2v) is 5.68. The van der Waals surface area contributed by atoms with Crippen LogP contribution < -0.4 is 10.5 Å². The van der Waals surface area contributed by atoms with E-state index in [2.05, 4.69) is 26.0 Å². The number of allylic oxidation sites excluding steroid dienone is 2. The van der Waals surface area contributed by atoms with E-state index in [9.17, 15) is 0 Å². The van der Waals surface area contributed by atoms with E-state index in [0.717, 1.165) is 30.9 Å². The van der Waals surface area contributed by atoms with Crippen LogP contribution in [-0.4, -0.2) is 6.61 Å². The van der Waals surface area contributed by atoms with Gasteiger partial charge < -0.3 is 10.5 Å². The van der Waals surface area contributed by atoms with Gasteiger partial charge in [-0.1, -0.05) is 11.6 Å². The zero-order valence-electron chi connectivity index (χ0n) is 11.3. The molecule has 0 spiro atoms. The summed E-state index contributed by atoms with van der Waals surface area (Å²) < 4.78 is 5.68. The van der Waals surface area contributed by atoms with Crippen LogP contribution in [-0.2, 0) is 12.8 Å². The molecule has 0 fully saturated rings. The maximum Gasteiger partial charge on any atom is 0.122 e. The first-order chi connectivity index (χ1) is 8.66. The molecule has 1 aromatic rings. The molecule has 0 bridgehead atoms. The highest BCUT2D eigenvalue weighted by Gasteiger charge is 2.29. The molecule has 0 saturated carbocycles. The molecule has 0 aromatic heterocycles. The maximum absolute atomic E-state index is 6.15. The third-order valence-electron chi connectivity index (χ3n) is 4.29. The lowest BCUT2D eigenvalue weighted by Crippen LogP contribution is -2.06. The van der Waals surface area contributed by atoms with Gasteiger partial charge in [-0.25, -0.2) is 0 Å². The fraction of sp³-hybridized carbons (Fsp3) is 0.500. The standard InChI is InChI=1S/C16H21NO/c1-10(2)14(17)9-12-4-3-11-5-6-15-13(16(11)12)7-8-18-15/h5-6,12H,3-4,7-9,17H2,1-2H3/t12-/m0/s1. The van der Waals surface area contributed by atoms with Crippen molar-refractivity contribution in [3.05, 3.63) is 40.1 Å². The Morgan fingerprint density at radius 1 is 1.33 bits per heavy atom. The van der Waals surface area contributed by atoms with Crippen LogP contribution in [0.4, 0.5) is 0 Å². The average molecular weight is 243 g/mol. The van der Waals surface area contributed by atoms with Crippen molar-refractivity contribution in [2.45, 2.75) is 45.4 Å². The highest BCUT2D eigenvalue weighted by molar-refractivity contribution is 5.51. The molecule has 18 heavy (non-hydrogen) atoms. The lowest BCUT2D eigenvalue weighted by Gasteiger charge is -2.16. The summed E-state index contributed by atoms with van der Waals surface area (Å²) >= 11 is 0. The van der Waals surface area contributed by atoms with E-state index in [1.807, 2.05) is 0 Å². The number of benzene rings is 1. The van der Waals surface area contributed by atoms with Gasteiger partial charge in [-0.15, -0.1) is 0 Å². The average Bonchev–Trinajstić information content (AvgIpc) is 2.94. The number of rotatable bonds is 2. The van der Waals surface area contributed by atoms with Gasteiger partial charge in [-0.05, 0) is 56.2 Å². The minimum atomic E-state index is 0.603. The van der Waals surface area contributed by atoms with Crippen molar-refractivity contribution in [1.29, 1.82) is 0 Å². The van der Waals surface area contributed by atoms with Gasteiger partial charge in [0.05, 0.1) is 6.61 Å². The van der Waals surface area contributed by atoms with Crippen molar-refractivity contribution in [2.24, 2.45) is 5.73 Å². The van der Waals surface area contributed by atoms with Crippen LogP contribution in [0.15, 0.2) is 23.4 Å². The molecular weight excluding hydrogens is 222 g/mol. The van der Waals surface area contributed by atoms with Crippen molar-refractivity contribution < 1.29 is 4.74 Å². The van der Waals surface area contributed by atoms with Gasteiger partial charge in [0.25, 0.3) is 0 Å². The van der Waals surface area contributed by atoms with Crippen LogP contribution in [0.2, 0.25) is 0 Å². The molecule has 0 unspecified atom stereocenters. The highest BCUT2D eigenvalue weighted by atomic mass is 16.5. The largest absolute Gasteiger partial charge is 0.493 e. The fourth-order valence-corrected chi connectivity index (χ4v) is 3.22. The van der Waals surface area contributed by atoms with E-state index in [0.29, 0.717) is 5.92 Å². The van der Waals surface area contributed by atoms with Crippen molar-refractivity contribution >= 4 is 0 Å². The van der Waals surface area contributed by atoms with Crippen LogP contribution in [0.5, 0.6) is 5.75 Å². The molecule has 1 heterocycles. The Morgan fingerprint density at radius 2 is 2.17 bits per heavy atom. The van der Waals surface area contributed by atoms with E-state index < -0.39 is 0 Å². The summed E-state index contributed by atoms with van der Waals surface area (Å²) in [5, 5.41) is 0. The molecule has 96 valence electrons. The fourth-order valence-electron chi connectivity index (χ4n) is 3.22. The Labute approximate surface area is 109 Å². The number of aryl methyl sites for hydroxylation is 1. The number of fused-ring (bicyclic) bond motifs is 3. The van der Waals surface area contributed by atoms with E-state index in [-0.39, 0.29) is 0 Å². The van der Waals surface area contributed by atoms with Crippen LogP contribution in [0.25, 0.3) is 0 Å². The Morgan fingerprint density at radius 3 is 2.94 bits per heavy atom. The Kier molecular flexibility index (Phi) is 2.81. The third kappa shape index (κ3) is 1.80. The number of hydrogen-bond donors (Lipinski definition) is 1. The molecular formula is C16H21NO. The van der Waals surface area contributed by atoms with Gasteiger partial charge in [0.2, 0.25) is 0 Å². The molecule has 1 aliphatic carbocycles. The quantitative estimate of drug-likeness (QED) is 0.865. The van der Waals surface area contributed by atoms with Crippen molar-refractivity contribution in [3.8, 4) is 5.75 Å². The molecule has 2 heteroatoms. The highest BCUT2D eigenvalue weighted by Crippen LogP contribution is 2.43. The molecule has 0 amide bonds. The van der Waals surface area contributed by atoms with Gasteiger partial charge in [-0.2, -0.15) is 0 Å². The maximum atomic E-state index is 6.15. The van der Waals surface area contributed by atoms with Gasteiger partial charge >= 0.3 is 0 Å². The summed E-state index contributed by atoms with van der Waals surface area (Å²) in [5.74, 6) is 1.71. The van der Waals surface area contributed by atoms with Crippen LogP contribution >= 0.6 is 0 Å². The SMILES string of the molecule is CC(C)=C(N)C[C@@H]1CCc2ccc3c(c21)CCO3. The number of hydrogen-bond acceptors (Lipinski definition) is 2. The Balaban J connectivity index is 1.96. The molecule has 0 radical (unpaired) electrons. The summed E-state index contributed by atoms with van der Waals surface area (Å²) in [6, 6.07) is 4.39. The zero-order valence-corrected chi connectivity index (χ0v) is 11.3. The van der Waals surface area contributed by atoms with E-state index in [1.54, 1.807) is 5.56 Å². The van der Waals surface area contributed by atoms with Crippen LogP contribution in [0, 0.1) is 0 Å². The van der Waals surface area contributed by atoms with E-state index in [1.165, 1.54) is 29.5 Å². The van der Waals surface area contributed by atoms with Gasteiger partial charge in [0.15, 0.2) is 0 Å². The molecule has 2 nitrogen and oxygen atoms in total. The lowest BCUT2D eigenvalue weighted by atomic mass is 9.90. The smallest absolute Gasteiger partial charge is 0.122 e. The predicted molar refractivity (Wildman–Crippen MR) is 73.9 cm³/mol. The van der Waals surface area contributed by atoms with E-state index >= 15 is 0 Å². The van der Waals surface area contributed by atoms with Gasteiger partial charge in [0, 0.05) is 17.7 Å². The summed E-state index contributed by atoms with van der Waals surface area (Å²) in [7, 11) is 0. The second kappa shape index (κ2) is 4.34. The minimum absolute atomic E-state index is 0.603. The predicted octanol–water partition coefficient (Wildman–Crippen LogP) is 3.29. The Hall–Kier alpha value is -1.44. The van der Waals surface area contributed by atoms with Crippen LogP contribution in [0.1, 0.15) is 49.3 Å². The molecule has 1 atom stereocenters. The number of ether oxygens (including phenoxy) is 1. The van der Waals surface area contributed by atoms with Crippen molar-refractivity contribution in [1.82, 2.24) is 0 Å². The first-order valence-corrected chi connectivity index (χ1v) is 6.86. The summed E-state index contributed by atoms with van der Waals surface area (Å²) in [6.07, 6.45) is 4.51. The first kappa shape index (κ1) is 11.6. The van der Waals surface area contributed by atoms with Crippen LogP contribution in [0.3, 0.4) is 0 Å². The van der Waals surface area contributed by atoms with Gasteiger partial charge in [-0.3, -0.25) is 0 Å². The molecule has 1 aliphatic heterocycles. The minimum Gasteiger partial charge on any atom is -0.493 e. The molecule has 0 saturated heterocycles. The third-order valence-corrected chi connectivity index (χ3v) is 4.29. The second-order valence-electron chi connectivity index (χ2n) is 5.68. The Bertz CT molecular complexity index is 512. The monoisotopic (exact) mass is 243 g/mol. The molecule has 2 aliphatic rings. The number of nitrogens with two attached hydrogens (primary N) is 1. The van der Waals surface area contributed by atoms with Gasteiger partial charge in [0.1, 0.15) is 5.75 Å². The van der Waals surface area contributed by atoms with E-state index in [4.69, 9.17) is 10.5 Å². The first-order valence-electron chi connectivity index (χ1n) is 6.86. The van der Waals surface area contributed by atoms with Crippen molar-refractivity contribution in [2.75, 3.05) is 6.61 Å². The molecule has 1 aromatic carbocycles. The molecule has 2 N–H and O–H groups in total. The summed E-state index contributed by atoms with van der Waals surface area (Å²) in [5.41, 5.74) is 13.0. The summed E-state index contributed by atoms with van der Waals surface area (Å²) in [4.78, 5) is 0. The zero-order chi connectivity index (χ0) is 12.7. The summed E-state index contributed by atoms with van der Waals surface area (Å²) in [6.45, 7) is 5.05. The normalized spacial score (nSPS) is 20.2.